The van der Waals surface area contributed by atoms with Crippen LogP contribution in [0.2, 0.25) is 5.15 Å². The molecule has 0 amide bonds. The fourth-order valence-electron chi connectivity index (χ4n) is 2.23. The standard InChI is InChI=1S/C18H15ClN2O2/c1-12-7-8-16(23-13-9-10-20-17(19)11-13)18(21-12)14-5-3-4-6-15(14)22-2/h3-11H,1-2H3. The van der Waals surface area contributed by atoms with Crippen molar-refractivity contribution in [1.82, 2.24) is 9.97 Å². The summed E-state index contributed by atoms with van der Waals surface area (Å²) in [6.07, 6.45) is 1.60. The predicted octanol–water partition coefficient (Wildman–Crippen LogP) is 4.91. The van der Waals surface area contributed by atoms with E-state index >= 15 is 0 Å². The Hall–Kier alpha value is -2.59. The maximum atomic E-state index is 5.96. The van der Waals surface area contributed by atoms with Gasteiger partial charge in [0.05, 0.1) is 7.11 Å². The second-order valence-corrected chi connectivity index (χ2v) is 5.30. The molecule has 0 fully saturated rings. The van der Waals surface area contributed by atoms with Crippen LogP contribution in [0.25, 0.3) is 11.3 Å². The van der Waals surface area contributed by atoms with Gasteiger partial charge >= 0.3 is 0 Å². The van der Waals surface area contributed by atoms with Crippen molar-refractivity contribution in [2.45, 2.75) is 6.92 Å². The van der Waals surface area contributed by atoms with Gasteiger partial charge in [0.15, 0.2) is 5.75 Å². The number of methoxy groups -OCH3 is 1. The average Bonchev–Trinajstić information content (AvgIpc) is 2.56. The summed E-state index contributed by atoms with van der Waals surface area (Å²) in [5.74, 6) is 1.97. The van der Waals surface area contributed by atoms with Crippen molar-refractivity contribution >= 4 is 11.6 Å². The van der Waals surface area contributed by atoms with Gasteiger partial charge in [-0.25, -0.2) is 9.97 Å². The lowest BCUT2D eigenvalue weighted by Gasteiger charge is -2.13. The van der Waals surface area contributed by atoms with Crippen LogP contribution in [0.5, 0.6) is 17.2 Å². The monoisotopic (exact) mass is 326 g/mol. The van der Waals surface area contributed by atoms with Gasteiger partial charge in [0.25, 0.3) is 0 Å². The van der Waals surface area contributed by atoms with Crippen molar-refractivity contribution in [2.24, 2.45) is 0 Å². The van der Waals surface area contributed by atoms with Crippen molar-refractivity contribution in [1.29, 1.82) is 0 Å². The summed E-state index contributed by atoms with van der Waals surface area (Å²) in [6.45, 7) is 1.94. The van der Waals surface area contributed by atoms with Crippen LogP contribution in [0.15, 0.2) is 54.7 Å². The minimum Gasteiger partial charge on any atom is -0.496 e. The minimum atomic E-state index is 0.376. The van der Waals surface area contributed by atoms with Crippen LogP contribution in [0, 0.1) is 6.92 Å². The topological polar surface area (TPSA) is 44.2 Å². The molecule has 0 atom stereocenters. The number of aryl methyl sites for hydroxylation is 1. The van der Waals surface area contributed by atoms with E-state index in [9.17, 15) is 0 Å². The van der Waals surface area contributed by atoms with E-state index in [1.54, 1.807) is 25.4 Å². The van der Waals surface area contributed by atoms with Crippen molar-refractivity contribution in [2.75, 3.05) is 7.11 Å². The summed E-state index contributed by atoms with van der Waals surface area (Å²) in [5, 5.41) is 0.376. The van der Waals surface area contributed by atoms with Crippen molar-refractivity contribution in [3.63, 3.8) is 0 Å². The highest BCUT2D eigenvalue weighted by Crippen LogP contribution is 2.37. The van der Waals surface area contributed by atoms with Crippen LogP contribution in [-0.2, 0) is 0 Å². The fourth-order valence-corrected chi connectivity index (χ4v) is 2.40. The van der Waals surface area contributed by atoms with Gasteiger partial charge in [0.2, 0.25) is 0 Å². The molecular formula is C18H15ClN2O2. The van der Waals surface area contributed by atoms with Crippen LogP contribution in [-0.4, -0.2) is 17.1 Å². The lowest BCUT2D eigenvalue weighted by atomic mass is 10.1. The molecule has 0 saturated carbocycles. The van der Waals surface area contributed by atoms with Gasteiger partial charge < -0.3 is 9.47 Å². The van der Waals surface area contributed by atoms with Crippen LogP contribution < -0.4 is 9.47 Å². The summed E-state index contributed by atoms with van der Waals surface area (Å²) in [6, 6.07) is 14.9. The number of hydrogen-bond donors (Lipinski definition) is 0. The molecule has 0 unspecified atom stereocenters. The molecule has 2 aromatic heterocycles. The van der Waals surface area contributed by atoms with Gasteiger partial charge in [0.1, 0.15) is 22.3 Å². The molecule has 0 radical (unpaired) electrons. The molecule has 0 N–H and O–H groups in total. The molecule has 116 valence electrons. The summed E-state index contributed by atoms with van der Waals surface area (Å²) in [4.78, 5) is 8.57. The van der Waals surface area contributed by atoms with Crippen LogP contribution in [0.4, 0.5) is 0 Å². The summed E-state index contributed by atoms with van der Waals surface area (Å²) in [5.41, 5.74) is 2.48. The molecule has 3 aromatic rings. The Kier molecular flexibility index (Phi) is 4.44. The van der Waals surface area contributed by atoms with Crippen molar-refractivity contribution in [3.05, 3.63) is 65.6 Å². The first kappa shape index (κ1) is 15.3. The molecule has 4 nitrogen and oxygen atoms in total. The Labute approximate surface area is 139 Å². The number of halogens is 1. The predicted molar refractivity (Wildman–Crippen MR) is 90.3 cm³/mol. The zero-order valence-corrected chi connectivity index (χ0v) is 13.5. The summed E-state index contributed by atoms with van der Waals surface area (Å²) < 4.78 is 11.4. The first-order chi connectivity index (χ1) is 11.2. The van der Waals surface area contributed by atoms with Crippen LogP contribution in [0.3, 0.4) is 0 Å². The number of ether oxygens (including phenoxy) is 2. The quantitative estimate of drug-likeness (QED) is 0.639. The number of nitrogens with zero attached hydrogens (tertiary/aromatic N) is 2. The van der Waals surface area contributed by atoms with E-state index < -0.39 is 0 Å². The van der Waals surface area contributed by atoms with Crippen molar-refractivity contribution in [3.8, 4) is 28.5 Å². The SMILES string of the molecule is COc1ccccc1-c1nc(C)ccc1Oc1ccnc(Cl)c1. The molecule has 0 aliphatic heterocycles. The van der Waals surface area contributed by atoms with E-state index in [0.717, 1.165) is 22.7 Å². The van der Waals surface area contributed by atoms with Gasteiger partial charge in [-0.15, -0.1) is 0 Å². The second kappa shape index (κ2) is 6.67. The molecule has 3 rings (SSSR count). The molecule has 0 aliphatic rings. The Bertz CT molecular complexity index is 837. The van der Waals surface area contributed by atoms with Gasteiger partial charge in [-0.2, -0.15) is 0 Å². The molecule has 5 heteroatoms. The van der Waals surface area contributed by atoms with Gasteiger partial charge in [-0.05, 0) is 37.3 Å². The maximum absolute atomic E-state index is 5.96. The zero-order chi connectivity index (χ0) is 16.2. The van der Waals surface area contributed by atoms with E-state index in [2.05, 4.69) is 9.97 Å². The molecular weight excluding hydrogens is 312 g/mol. The number of rotatable bonds is 4. The molecule has 0 bridgehead atoms. The zero-order valence-electron chi connectivity index (χ0n) is 12.8. The first-order valence-corrected chi connectivity index (χ1v) is 7.45. The Morgan fingerprint density at radius 3 is 2.61 bits per heavy atom. The molecule has 2 heterocycles. The van der Waals surface area contributed by atoms with E-state index in [0.29, 0.717) is 16.7 Å². The third kappa shape index (κ3) is 3.43. The first-order valence-electron chi connectivity index (χ1n) is 7.08. The minimum absolute atomic E-state index is 0.376. The number of aromatic nitrogens is 2. The molecule has 1 aromatic carbocycles. The molecule has 23 heavy (non-hydrogen) atoms. The molecule has 0 aliphatic carbocycles. The van der Waals surface area contributed by atoms with E-state index in [-0.39, 0.29) is 0 Å². The smallest absolute Gasteiger partial charge is 0.153 e. The molecule has 0 spiro atoms. The molecule has 0 saturated heterocycles. The fraction of sp³-hybridized carbons (Fsp3) is 0.111. The number of benzene rings is 1. The number of hydrogen-bond acceptors (Lipinski definition) is 4. The lowest BCUT2D eigenvalue weighted by molar-refractivity contribution is 0.415. The van der Waals surface area contributed by atoms with E-state index in [1.165, 1.54) is 0 Å². The third-order valence-corrected chi connectivity index (χ3v) is 3.49. The maximum Gasteiger partial charge on any atom is 0.153 e. The van der Waals surface area contributed by atoms with Gasteiger partial charge in [-0.3, -0.25) is 0 Å². The summed E-state index contributed by atoms with van der Waals surface area (Å²) in [7, 11) is 1.64. The highest BCUT2D eigenvalue weighted by molar-refractivity contribution is 6.29. The van der Waals surface area contributed by atoms with E-state index in [1.807, 2.05) is 43.3 Å². The lowest BCUT2D eigenvalue weighted by Crippen LogP contribution is -1.96. The van der Waals surface area contributed by atoms with Crippen molar-refractivity contribution < 1.29 is 9.47 Å². The van der Waals surface area contributed by atoms with E-state index in [4.69, 9.17) is 21.1 Å². The Morgan fingerprint density at radius 2 is 1.83 bits per heavy atom. The second-order valence-electron chi connectivity index (χ2n) is 4.92. The number of para-hydroxylation sites is 1. The highest BCUT2D eigenvalue weighted by Gasteiger charge is 2.14. The largest absolute Gasteiger partial charge is 0.496 e. The highest BCUT2D eigenvalue weighted by atomic mass is 35.5. The van der Waals surface area contributed by atoms with Gasteiger partial charge in [0, 0.05) is 23.5 Å². The van der Waals surface area contributed by atoms with Crippen LogP contribution >= 0.6 is 11.6 Å². The third-order valence-electron chi connectivity index (χ3n) is 3.29. The Morgan fingerprint density at radius 1 is 1.00 bits per heavy atom. The summed E-state index contributed by atoms with van der Waals surface area (Å²) >= 11 is 5.91. The Balaban J connectivity index is 2.08. The normalized spacial score (nSPS) is 10.4. The average molecular weight is 327 g/mol. The number of pyridine rings is 2. The van der Waals surface area contributed by atoms with Gasteiger partial charge in [-0.1, -0.05) is 23.7 Å². The van der Waals surface area contributed by atoms with Crippen LogP contribution in [0.1, 0.15) is 5.69 Å².